The highest BCUT2D eigenvalue weighted by Gasteiger charge is 2.10. The molecule has 0 aliphatic carbocycles. The number of rotatable bonds is 2. The molecule has 0 fully saturated rings. The van der Waals surface area contributed by atoms with E-state index >= 15 is 0 Å². The molecular weight excluding hydrogens is 234 g/mol. The summed E-state index contributed by atoms with van der Waals surface area (Å²) in [5, 5.41) is 22.1. The van der Waals surface area contributed by atoms with Crippen LogP contribution < -0.4 is 5.32 Å². The fourth-order valence-corrected chi connectivity index (χ4v) is 1.76. The van der Waals surface area contributed by atoms with Crippen LogP contribution >= 0.6 is 0 Å². The molecule has 0 heterocycles. The largest absolute Gasteiger partial charge is 0.507 e. The van der Waals surface area contributed by atoms with Gasteiger partial charge in [0.25, 0.3) is 5.91 Å². The van der Waals surface area contributed by atoms with Crippen LogP contribution in [-0.2, 0) is 0 Å². The normalized spacial score (nSPS) is 10.3. The maximum Gasteiger partial charge on any atom is 0.335 e. The van der Waals surface area contributed by atoms with Crippen LogP contribution in [-0.4, -0.2) is 29.1 Å². The van der Waals surface area contributed by atoms with Crippen LogP contribution in [0.1, 0.15) is 20.7 Å². The van der Waals surface area contributed by atoms with Gasteiger partial charge in [0.15, 0.2) is 0 Å². The molecule has 2 rings (SSSR count). The number of phenols is 1. The second-order valence-electron chi connectivity index (χ2n) is 3.82. The third kappa shape index (κ3) is 1.98. The van der Waals surface area contributed by atoms with Crippen molar-refractivity contribution in [2.24, 2.45) is 0 Å². The maximum absolute atomic E-state index is 11.5. The van der Waals surface area contributed by atoms with E-state index in [4.69, 9.17) is 5.11 Å². The van der Waals surface area contributed by atoms with Crippen LogP contribution in [0.2, 0.25) is 0 Å². The van der Waals surface area contributed by atoms with Gasteiger partial charge in [-0.15, -0.1) is 0 Å². The number of benzene rings is 2. The third-order valence-corrected chi connectivity index (χ3v) is 2.67. The summed E-state index contributed by atoms with van der Waals surface area (Å²) in [6.45, 7) is 0. The van der Waals surface area contributed by atoms with Gasteiger partial charge in [0.2, 0.25) is 0 Å². The molecule has 0 aromatic heterocycles. The molecule has 0 aliphatic heterocycles. The number of carbonyl (C=O) groups excluding carboxylic acids is 1. The number of aromatic hydroxyl groups is 1. The molecule has 92 valence electrons. The first-order valence-electron chi connectivity index (χ1n) is 5.25. The highest BCUT2D eigenvalue weighted by atomic mass is 16.4. The Morgan fingerprint density at radius 2 is 1.78 bits per heavy atom. The van der Waals surface area contributed by atoms with Crippen molar-refractivity contribution in [1.82, 2.24) is 5.32 Å². The number of phenolic OH excluding ortho intramolecular Hbond substituents is 1. The molecule has 0 unspecified atom stereocenters. The lowest BCUT2D eigenvalue weighted by molar-refractivity contribution is 0.0696. The van der Waals surface area contributed by atoms with Crippen molar-refractivity contribution in [3.8, 4) is 5.75 Å². The van der Waals surface area contributed by atoms with E-state index in [0.29, 0.717) is 16.3 Å². The summed E-state index contributed by atoms with van der Waals surface area (Å²) >= 11 is 0. The lowest BCUT2D eigenvalue weighted by Gasteiger charge is -2.06. The predicted molar refractivity (Wildman–Crippen MR) is 66.0 cm³/mol. The molecule has 5 heteroatoms. The summed E-state index contributed by atoms with van der Waals surface area (Å²) in [5.74, 6) is -1.51. The van der Waals surface area contributed by atoms with E-state index in [2.05, 4.69) is 5.32 Å². The van der Waals surface area contributed by atoms with Gasteiger partial charge in [-0.3, -0.25) is 4.79 Å². The minimum absolute atomic E-state index is 0.0194. The van der Waals surface area contributed by atoms with Crippen molar-refractivity contribution in [2.75, 3.05) is 7.05 Å². The fraction of sp³-hybridized carbons (Fsp3) is 0.0769. The Kier molecular flexibility index (Phi) is 2.89. The quantitative estimate of drug-likeness (QED) is 0.750. The monoisotopic (exact) mass is 245 g/mol. The Balaban J connectivity index is 2.67. The van der Waals surface area contributed by atoms with E-state index in [0.717, 1.165) is 0 Å². The fourth-order valence-electron chi connectivity index (χ4n) is 1.76. The summed E-state index contributed by atoms with van der Waals surface area (Å²) in [4.78, 5) is 22.4. The number of hydrogen-bond acceptors (Lipinski definition) is 3. The highest BCUT2D eigenvalue weighted by molar-refractivity contribution is 6.02. The molecule has 1 amide bonds. The van der Waals surface area contributed by atoms with E-state index in [1.165, 1.54) is 19.2 Å². The molecule has 0 radical (unpaired) electrons. The Labute approximate surface area is 103 Å². The second-order valence-corrected chi connectivity index (χ2v) is 3.82. The SMILES string of the molecule is CNC(=O)c1ccc2c(O)cc(C(=O)O)cc2c1. The van der Waals surface area contributed by atoms with Gasteiger partial charge >= 0.3 is 5.97 Å². The molecule has 0 aliphatic rings. The van der Waals surface area contributed by atoms with Crippen molar-refractivity contribution < 1.29 is 19.8 Å². The van der Waals surface area contributed by atoms with E-state index in [1.54, 1.807) is 18.2 Å². The van der Waals surface area contributed by atoms with Crippen molar-refractivity contribution in [2.45, 2.75) is 0 Å². The molecule has 2 aromatic rings. The van der Waals surface area contributed by atoms with Crippen molar-refractivity contribution in [3.05, 3.63) is 41.5 Å². The average molecular weight is 245 g/mol. The highest BCUT2D eigenvalue weighted by Crippen LogP contribution is 2.27. The predicted octanol–water partition coefficient (Wildman–Crippen LogP) is 1.60. The van der Waals surface area contributed by atoms with E-state index < -0.39 is 5.97 Å². The topological polar surface area (TPSA) is 86.6 Å². The molecule has 18 heavy (non-hydrogen) atoms. The molecule has 0 saturated carbocycles. The zero-order chi connectivity index (χ0) is 13.3. The number of carbonyl (C=O) groups is 2. The van der Waals surface area contributed by atoms with Crippen molar-refractivity contribution in [1.29, 1.82) is 0 Å². The van der Waals surface area contributed by atoms with E-state index in [9.17, 15) is 14.7 Å². The Hall–Kier alpha value is -2.56. The van der Waals surface area contributed by atoms with Crippen LogP contribution in [0.5, 0.6) is 5.75 Å². The van der Waals surface area contributed by atoms with Gasteiger partial charge in [-0.1, -0.05) is 0 Å². The van der Waals surface area contributed by atoms with Gasteiger partial charge in [0.1, 0.15) is 5.75 Å². The summed E-state index contributed by atoms with van der Waals surface area (Å²) in [5.41, 5.74) is 0.390. The van der Waals surface area contributed by atoms with Crippen LogP contribution in [0.25, 0.3) is 10.8 Å². The molecule has 5 nitrogen and oxygen atoms in total. The summed E-state index contributed by atoms with van der Waals surface area (Å²) < 4.78 is 0. The Morgan fingerprint density at radius 1 is 1.11 bits per heavy atom. The van der Waals surface area contributed by atoms with Gasteiger partial charge in [-0.25, -0.2) is 4.79 Å². The number of carboxylic acids is 1. The number of carboxylic acid groups (broad SMARTS) is 1. The smallest absolute Gasteiger partial charge is 0.335 e. The third-order valence-electron chi connectivity index (χ3n) is 2.67. The van der Waals surface area contributed by atoms with Crippen LogP contribution in [0.4, 0.5) is 0 Å². The molecule has 0 spiro atoms. The molecule has 2 aromatic carbocycles. The van der Waals surface area contributed by atoms with Crippen LogP contribution in [0, 0.1) is 0 Å². The van der Waals surface area contributed by atoms with E-state index in [-0.39, 0.29) is 17.2 Å². The lowest BCUT2D eigenvalue weighted by atomic mass is 10.0. The molecule has 0 saturated heterocycles. The summed E-state index contributed by atoms with van der Waals surface area (Å²) in [6, 6.07) is 7.30. The summed E-state index contributed by atoms with van der Waals surface area (Å²) in [6.07, 6.45) is 0. The van der Waals surface area contributed by atoms with Crippen LogP contribution in [0.15, 0.2) is 30.3 Å². The standard InChI is InChI=1S/C13H11NO4/c1-14-12(16)7-2-3-10-8(4-7)5-9(13(17)18)6-11(10)15/h2-6,15H,1H3,(H,14,16)(H,17,18). The van der Waals surface area contributed by atoms with Gasteiger partial charge in [0, 0.05) is 18.0 Å². The number of hydrogen-bond donors (Lipinski definition) is 3. The maximum atomic E-state index is 11.5. The zero-order valence-corrected chi connectivity index (χ0v) is 9.60. The molecule has 3 N–H and O–H groups in total. The lowest BCUT2D eigenvalue weighted by Crippen LogP contribution is -2.17. The van der Waals surface area contributed by atoms with Gasteiger partial charge in [-0.05, 0) is 35.7 Å². The first-order valence-corrected chi connectivity index (χ1v) is 5.25. The van der Waals surface area contributed by atoms with Gasteiger partial charge < -0.3 is 15.5 Å². The molecule has 0 bridgehead atoms. The number of nitrogens with one attached hydrogen (secondary N) is 1. The average Bonchev–Trinajstić information content (AvgIpc) is 2.36. The Bertz CT molecular complexity index is 649. The van der Waals surface area contributed by atoms with E-state index in [1.807, 2.05) is 0 Å². The van der Waals surface area contributed by atoms with Crippen molar-refractivity contribution >= 4 is 22.6 Å². The van der Waals surface area contributed by atoms with Gasteiger partial charge in [0.05, 0.1) is 5.56 Å². The minimum Gasteiger partial charge on any atom is -0.507 e. The van der Waals surface area contributed by atoms with Gasteiger partial charge in [-0.2, -0.15) is 0 Å². The zero-order valence-electron chi connectivity index (χ0n) is 9.60. The first-order chi connectivity index (χ1) is 8.52. The first kappa shape index (κ1) is 11.9. The number of aromatic carboxylic acids is 1. The molecule has 0 atom stereocenters. The van der Waals surface area contributed by atoms with Crippen molar-refractivity contribution in [3.63, 3.8) is 0 Å². The summed E-state index contributed by atoms with van der Waals surface area (Å²) in [7, 11) is 1.51. The number of amides is 1. The number of fused-ring (bicyclic) bond motifs is 1. The minimum atomic E-state index is -1.13. The molecular formula is C13H11NO4. The van der Waals surface area contributed by atoms with Crippen LogP contribution in [0.3, 0.4) is 0 Å². The Morgan fingerprint density at radius 3 is 2.39 bits per heavy atom. The second kappa shape index (κ2) is 4.37.